The van der Waals surface area contributed by atoms with Gasteiger partial charge in [0, 0.05) is 12.6 Å². The summed E-state index contributed by atoms with van der Waals surface area (Å²) in [6, 6.07) is -0.406. The van der Waals surface area contributed by atoms with Crippen molar-refractivity contribution in [1.82, 2.24) is 14.5 Å². The lowest BCUT2D eigenvalue weighted by Gasteiger charge is -2.37. The number of nitrogens with two attached hydrogens (primary N) is 1. The van der Waals surface area contributed by atoms with Gasteiger partial charge in [-0.3, -0.25) is 19.7 Å². The van der Waals surface area contributed by atoms with Crippen molar-refractivity contribution in [3.63, 3.8) is 0 Å². The molecule has 16 heteroatoms. The van der Waals surface area contributed by atoms with Crippen LogP contribution < -0.4 is 11.1 Å². The van der Waals surface area contributed by atoms with Gasteiger partial charge in [0.1, 0.15) is 12.3 Å². The number of sulfonamides is 1. The third kappa shape index (κ3) is 4.92. The largest absolute Gasteiger partial charge is 0.416 e. The van der Waals surface area contributed by atoms with E-state index in [1.807, 2.05) is 0 Å². The Hall–Kier alpha value is -2.82. The van der Waals surface area contributed by atoms with Gasteiger partial charge in [-0.05, 0) is 25.1 Å². The Labute approximate surface area is 185 Å². The first-order valence-electron chi connectivity index (χ1n) is 9.64. The molecule has 2 bridgehead atoms. The van der Waals surface area contributed by atoms with Crippen molar-refractivity contribution < 1.29 is 40.8 Å². The summed E-state index contributed by atoms with van der Waals surface area (Å²) in [5, 5.41) is 13.9. The summed E-state index contributed by atoms with van der Waals surface area (Å²) in [5.74, 6) is -1.26. The van der Waals surface area contributed by atoms with Crippen LogP contribution in [0.5, 0.6) is 0 Å². The van der Waals surface area contributed by atoms with Crippen molar-refractivity contribution in [3.05, 3.63) is 33.9 Å². The van der Waals surface area contributed by atoms with Gasteiger partial charge in [-0.15, -0.1) is 0 Å². The average Bonchev–Trinajstić information content (AvgIpc) is 3.09. The fourth-order valence-electron chi connectivity index (χ4n) is 3.54. The number of rotatable bonds is 8. The van der Waals surface area contributed by atoms with E-state index < -0.39 is 61.4 Å². The second-order valence-corrected chi connectivity index (χ2v) is 9.10. The Morgan fingerprint density at radius 2 is 2.06 bits per heavy atom. The Morgan fingerprint density at radius 3 is 2.67 bits per heavy atom. The van der Waals surface area contributed by atoms with E-state index in [1.54, 1.807) is 0 Å². The summed E-state index contributed by atoms with van der Waals surface area (Å²) in [7, 11) is -4.80. The van der Waals surface area contributed by atoms with Crippen LogP contribution in [0, 0.1) is 10.1 Å². The minimum Gasteiger partial charge on any atom is -0.358 e. The Morgan fingerprint density at radius 1 is 1.36 bits per heavy atom. The lowest BCUT2D eigenvalue weighted by atomic mass is 10.2. The van der Waals surface area contributed by atoms with Crippen molar-refractivity contribution >= 4 is 27.5 Å². The molecule has 0 aromatic heterocycles. The highest BCUT2D eigenvalue weighted by atomic mass is 32.2. The number of benzene rings is 1. The van der Waals surface area contributed by atoms with Crippen LogP contribution in [0.3, 0.4) is 0 Å². The summed E-state index contributed by atoms with van der Waals surface area (Å²) in [5.41, 5.74) is 2.66. The number of hydrogen-bond donors (Lipinski definition) is 2. The fraction of sp³-hybridized carbons (Fsp3) is 0.529. The number of fused-ring (bicyclic) bond motifs is 2. The molecule has 2 aliphatic heterocycles. The van der Waals surface area contributed by atoms with Gasteiger partial charge in [-0.25, -0.2) is 8.42 Å². The van der Waals surface area contributed by atoms with Gasteiger partial charge in [0.25, 0.3) is 15.7 Å². The summed E-state index contributed by atoms with van der Waals surface area (Å²) in [4.78, 5) is 35.0. The topological polar surface area (TPSA) is 165 Å². The van der Waals surface area contributed by atoms with Crippen LogP contribution in [0.1, 0.15) is 12.0 Å². The minimum absolute atomic E-state index is 0.124. The lowest BCUT2D eigenvalue weighted by Crippen LogP contribution is -2.60. The van der Waals surface area contributed by atoms with Crippen LogP contribution in [0.2, 0.25) is 0 Å². The molecule has 2 atom stereocenters. The van der Waals surface area contributed by atoms with E-state index in [9.17, 15) is 41.3 Å². The molecule has 2 heterocycles. The zero-order valence-corrected chi connectivity index (χ0v) is 17.8. The average molecular weight is 495 g/mol. The number of nitrogens with one attached hydrogen (secondary N) is 1. The van der Waals surface area contributed by atoms with Gasteiger partial charge < -0.3 is 20.7 Å². The second-order valence-electron chi connectivity index (χ2n) is 7.29. The molecular weight excluding hydrogens is 475 g/mol. The molecule has 0 aliphatic carbocycles. The molecule has 0 spiro atoms. The van der Waals surface area contributed by atoms with E-state index in [0.29, 0.717) is 35.9 Å². The van der Waals surface area contributed by atoms with Crippen molar-refractivity contribution in [1.29, 1.82) is 0 Å². The van der Waals surface area contributed by atoms with E-state index in [-0.39, 0.29) is 25.8 Å². The van der Waals surface area contributed by atoms with Crippen LogP contribution in [0.4, 0.5) is 18.9 Å². The van der Waals surface area contributed by atoms with E-state index in [2.05, 4.69) is 5.32 Å². The molecule has 2 amide bonds. The van der Waals surface area contributed by atoms with Crippen LogP contribution >= 0.6 is 0 Å². The zero-order chi connectivity index (χ0) is 24.6. The molecule has 2 saturated heterocycles. The summed E-state index contributed by atoms with van der Waals surface area (Å²) in [6.07, 6.45) is -5.68. The maximum atomic E-state index is 13.2. The predicted molar refractivity (Wildman–Crippen MR) is 104 cm³/mol. The molecule has 182 valence electrons. The molecule has 1 aromatic carbocycles. The fourth-order valence-corrected chi connectivity index (χ4v) is 5.33. The summed E-state index contributed by atoms with van der Waals surface area (Å²) in [6.45, 7) is -0.438. The number of piperazine rings is 1. The first-order chi connectivity index (χ1) is 15.4. The molecule has 1 aromatic rings. The molecule has 0 radical (unpaired) electrons. The van der Waals surface area contributed by atoms with Gasteiger partial charge in [0.2, 0.25) is 11.8 Å². The predicted octanol–water partition coefficient (Wildman–Crippen LogP) is -0.364. The van der Waals surface area contributed by atoms with E-state index >= 15 is 0 Å². The number of hydrogen-bond acceptors (Lipinski definition) is 8. The van der Waals surface area contributed by atoms with Gasteiger partial charge in [0.05, 0.1) is 30.2 Å². The molecular formula is C17H20F3N5O7S. The van der Waals surface area contributed by atoms with Crippen LogP contribution in [0.25, 0.3) is 0 Å². The SMILES string of the molecule is NCCCNC(=O)CN1C[C@@H]2OC[C@@H](C1=O)N2S(=O)(=O)c1ccc(C(F)(F)F)cc1[N+](=O)[O-]. The molecule has 12 nitrogen and oxygen atoms in total. The molecule has 3 N–H and O–H groups in total. The van der Waals surface area contributed by atoms with Gasteiger partial charge in [-0.2, -0.15) is 17.5 Å². The molecule has 33 heavy (non-hydrogen) atoms. The molecule has 2 aliphatic rings. The molecule has 0 unspecified atom stereocenters. The Bertz CT molecular complexity index is 1070. The maximum Gasteiger partial charge on any atom is 0.416 e. The number of nitro benzene ring substituents is 1. The third-order valence-corrected chi connectivity index (χ3v) is 7.03. The first kappa shape index (κ1) is 24.8. The number of carbonyl (C=O) groups excluding carboxylic acids is 2. The van der Waals surface area contributed by atoms with Crippen molar-refractivity contribution in [2.45, 2.75) is 29.8 Å². The van der Waals surface area contributed by atoms with Crippen LogP contribution in [0.15, 0.2) is 23.1 Å². The molecule has 2 fully saturated rings. The van der Waals surface area contributed by atoms with Gasteiger partial charge in [0.15, 0.2) is 4.90 Å². The molecule has 3 rings (SSSR count). The maximum absolute atomic E-state index is 13.2. The first-order valence-corrected chi connectivity index (χ1v) is 11.1. The number of ether oxygens (including phenoxy) is 1. The second kappa shape index (κ2) is 9.20. The number of nitrogens with zero attached hydrogens (tertiary/aromatic N) is 3. The van der Waals surface area contributed by atoms with Crippen molar-refractivity contribution in [3.8, 4) is 0 Å². The summed E-state index contributed by atoms with van der Waals surface area (Å²) < 4.78 is 71.2. The standard InChI is InChI=1S/C17H20F3N5O7S/c18-17(19,20)10-2-3-13(11(6-10)25(28)29)33(30,31)24-12-9-32-15(24)8-23(16(12)27)7-14(26)22-5-1-4-21/h2-3,6,12,15H,1,4-5,7-9,21H2,(H,22,26)/t12-,15-/m0/s1. The lowest BCUT2D eigenvalue weighted by molar-refractivity contribution is -0.388. The summed E-state index contributed by atoms with van der Waals surface area (Å²) >= 11 is 0. The highest BCUT2D eigenvalue weighted by Gasteiger charge is 2.54. The van der Waals surface area contributed by atoms with Gasteiger partial charge in [-0.1, -0.05) is 0 Å². The Balaban J connectivity index is 1.87. The third-order valence-electron chi connectivity index (χ3n) is 5.09. The monoisotopic (exact) mass is 495 g/mol. The van der Waals surface area contributed by atoms with Crippen LogP contribution in [-0.2, 0) is 30.5 Å². The van der Waals surface area contributed by atoms with Crippen molar-refractivity contribution in [2.24, 2.45) is 5.73 Å². The zero-order valence-electron chi connectivity index (χ0n) is 16.9. The van der Waals surface area contributed by atoms with Crippen LogP contribution in [-0.4, -0.2) is 79.4 Å². The number of amides is 2. The number of carbonyl (C=O) groups is 2. The number of halogens is 3. The highest BCUT2D eigenvalue weighted by molar-refractivity contribution is 7.89. The van der Waals surface area contributed by atoms with E-state index in [4.69, 9.17) is 10.5 Å². The molecule has 0 saturated carbocycles. The minimum atomic E-state index is -4.93. The smallest absolute Gasteiger partial charge is 0.358 e. The number of alkyl halides is 3. The Kier molecular flexibility index (Phi) is 6.92. The normalized spacial score (nSPS) is 21.3. The van der Waals surface area contributed by atoms with Crippen molar-refractivity contribution in [2.75, 3.05) is 32.8 Å². The van der Waals surface area contributed by atoms with E-state index in [1.165, 1.54) is 0 Å². The van der Waals surface area contributed by atoms with Gasteiger partial charge >= 0.3 is 6.18 Å². The van der Waals surface area contributed by atoms with E-state index in [0.717, 1.165) is 4.90 Å². The number of nitro groups is 1. The quantitative estimate of drug-likeness (QED) is 0.280. The highest BCUT2D eigenvalue weighted by Crippen LogP contribution is 2.38.